The second-order valence-electron chi connectivity index (χ2n) is 15.9. The molecule has 3 aliphatic rings. The first kappa shape index (κ1) is 41.7. The number of carbonyl (C=O) groups excluding carboxylic acids is 4. The number of carbonyl (C=O) groups is 4. The molecule has 0 saturated carbocycles. The molecule has 0 aliphatic carbocycles. The quantitative estimate of drug-likeness (QED) is 0.0650. The summed E-state index contributed by atoms with van der Waals surface area (Å²) in [6.45, 7) is 14.3. The summed E-state index contributed by atoms with van der Waals surface area (Å²) in [5, 5.41) is 25.3. The Balaban J connectivity index is 1.09. The van der Waals surface area contributed by atoms with Crippen molar-refractivity contribution >= 4 is 63.5 Å². The van der Waals surface area contributed by atoms with Gasteiger partial charge in [-0.1, -0.05) is 12.2 Å². The number of anilines is 5. The lowest BCUT2D eigenvalue weighted by atomic mass is 10.0. The van der Waals surface area contributed by atoms with Crippen LogP contribution in [-0.2, 0) is 19.6 Å². The summed E-state index contributed by atoms with van der Waals surface area (Å²) >= 11 is 0. The number of likely N-dealkylation sites (tertiary alicyclic amines) is 1. The van der Waals surface area contributed by atoms with Gasteiger partial charge in [-0.15, -0.1) is 0 Å². The van der Waals surface area contributed by atoms with E-state index in [1.807, 2.05) is 37.8 Å². The Labute approximate surface area is 357 Å². The van der Waals surface area contributed by atoms with Crippen LogP contribution in [0.5, 0.6) is 0 Å². The SMILES string of the molecule is CCn1nc(C)cc1C(=O)Nc1nc2cc(C(N)=O)cnc2n1C/C=C/CN1c2c(NCCN3C[C@H]4CNC[C@H]4C3)cc(C(N)=O)cc2NC1NC(=O)c1c(N)c(C)nn1CC. The second-order valence-corrected chi connectivity index (χ2v) is 15.9. The molecule has 3 aliphatic heterocycles. The van der Waals surface area contributed by atoms with Crippen LogP contribution in [0.1, 0.15) is 66.9 Å². The number of imidazole rings is 1. The van der Waals surface area contributed by atoms with Crippen molar-refractivity contribution in [1.29, 1.82) is 0 Å². The highest BCUT2D eigenvalue weighted by molar-refractivity contribution is 6.04. The van der Waals surface area contributed by atoms with Gasteiger partial charge in [-0.2, -0.15) is 10.2 Å². The molecular formula is C41H53N17O4. The zero-order valence-electron chi connectivity index (χ0n) is 35.2. The minimum atomic E-state index is -0.791. The summed E-state index contributed by atoms with van der Waals surface area (Å²) in [4.78, 5) is 65.8. The van der Waals surface area contributed by atoms with Crippen molar-refractivity contribution in [2.45, 2.75) is 53.6 Å². The van der Waals surface area contributed by atoms with Gasteiger partial charge >= 0.3 is 0 Å². The number of nitrogens with two attached hydrogens (primary N) is 3. The lowest BCUT2D eigenvalue weighted by Gasteiger charge is -2.28. The maximum absolute atomic E-state index is 14.0. The highest BCUT2D eigenvalue weighted by Crippen LogP contribution is 2.42. The number of primary amides is 2. The highest BCUT2D eigenvalue weighted by Gasteiger charge is 2.37. The van der Waals surface area contributed by atoms with Crippen molar-refractivity contribution in [3.8, 4) is 0 Å². The summed E-state index contributed by atoms with van der Waals surface area (Å²) in [5.74, 6) is -0.592. The van der Waals surface area contributed by atoms with E-state index in [0.29, 0.717) is 76.7 Å². The van der Waals surface area contributed by atoms with Crippen LogP contribution >= 0.6 is 0 Å². The van der Waals surface area contributed by atoms with Crippen LogP contribution in [0.2, 0.25) is 0 Å². The molecule has 4 amide bonds. The Morgan fingerprint density at radius 2 is 1.63 bits per heavy atom. The van der Waals surface area contributed by atoms with Crippen molar-refractivity contribution in [2.24, 2.45) is 23.3 Å². The Morgan fingerprint density at radius 3 is 2.34 bits per heavy atom. The lowest BCUT2D eigenvalue weighted by Crippen LogP contribution is -2.50. The summed E-state index contributed by atoms with van der Waals surface area (Å²) in [5.41, 5.74) is 23.1. The molecule has 11 N–H and O–H groups in total. The molecular weight excluding hydrogens is 795 g/mol. The zero-order chi connectivity index (χ0) is 43.8. The molecule has 1 unspecified atom stereocenters. The van der Waals surface area contributed by atoms with Gasteiger partial charge in [-0.3, -0.25) is 38.4 Å². The van der Waals surface area contributed by atoms with Crippen molar-refractivity contribution in [1.82, 2.24) is 49.6 Å². The fourth-order valence-corrected chi connectivity index (χ4v) is 8.65. The van der Waals surface area contributed by atoms with Gasteiger partial charge in [0.25, 0.3) is 11.8 Å². The Kier molecular flexibility index (Phi) is 11.6. The van der Waals surface area contributed by atoms with Crippen LogP contribution < -0.4 is 48.7 Å². The molecule has 4 aromatic heterocycles. The number of hydrogen-bond donors (Lipinski definition) is 8. The first-order valence-electron chi connectivity index (χ1n) is 20.8. The van der Waals surface area contributed by atoms with Crippen LogP contribution in [0.4, 0.5) is 28.7 Å². The fourth-order valence-electron chi connectivity index (χ4n) is 8.65. The van der Waals surface area contributed by atoms with Gasteiger partial charge in [0.05, 0.1) is 39.7 Å². The van der Waals surface area contributed by atoms with E-state index >= 15 is 0 Å². The van der Waals surface area contributed by atoms with Crippen molar-refractivity contribution in [3.63, 3.8) is 0 Å². The topological polar surface area (TPSA) is 279 Å². The Morgan fingerprint density at radius 1 is 0.903 bits per heavy atom. The largest absolute Gasteiger partial charge is 0.395 e. The number of hydrogen-bond acceptors (Lipinski definition) is 14. The second kappa shape index (κ2) is 17.2. The first-order valence-corrected chi connectivity index (χ1v) is 20.8. The molecule has 7 heterocycles. The molecule has 62 heavy (non-hydrogen) atoms. The van der Waals surface area contributed by atoms with Crippen LogP contribution in [0, 0.1) is 25.7 Å². The minimum absolute atomic E-state index is 0.173. The van der Waals surface area contributed by atoms with Crippen molar-refractivity contribution in [3.05, 3.63) is 76.5 Å². The normalized spacial score (nSPS) is 18.3. The molecule has 3 atom stereocenters. The maximum atomic E-state index is 14.0. The molecule has 326 valence electrons. The number of allylic oxidation sites excluding steroid dienone is 1. The van der Waals surface area contributed by atoms with E-state index < -0.39 is 29.9 Å². The minimum Gasteiger partial charge on any atom is -0.395 e. The fraction of sp³-hybridized carbons (Fsp3) is 0.415. The molecule has 1 aromatic carbocycles. The number of rotatable bonds is 16. The smallest absolute Gasteiger partial charge is 0.276 e. The van der Waals surface area contributed by atoms with Gasteiger partial charge < -0.3 is 48.3 Å². The number of benzene rings is 1. The first-order chi connectivity index (χ1) is 29.8. The Bertz CT molecular complexity index is 2580. The monoisotopic (exact) mass is 847 g/mol. The van der Waals surface area contributed by atoms with E-state index in [-0.39, 0.29) is 36.0 Å². The standard InChI is InChI=1S/C41H53N17O4/c1-5-57-31(13-22(3)52-57)38(61)50-41-49-30-16-25(36(44)60)19-47-37(30)56(41)11-8-7-10-55-33-28(46-9-12-54-20-26-17-45-18-27(26)21-54)14-24(35(43)59)15-29(33)48-40(55)51-39(62)34-32(42)23(4)53-58(34)6-2/h7-8,13-16,19,26-27,40,45-46,48H,5-6,9-12,17-18,20-21,42H2,1-4H3,(H2,43,59)(H2,44,60)(H,51,62)(H,49,50,61)/b8-7+/t26-,27+,40?. The number of nitrogens with zero attached hydrogens (tertiary/aromatic N) is 9. The van der Waals surface area contributed by atoms with Gasteiger partial charge in [-0.05, 0) is 76.9 Å². The Hall–Kier alpha value is -7.00. The number of fused-ring (bicyclic) bond motifs is 3. The molecule has 8 rings (SSSR count). The average Bonchev–Trinajstić information content (AvgIpc) is 4.09. The zero-order valence-corrected chi connectivity index (χ0v) is 35.2. The van der Waals surface area contributed by atoms with Gasteiger partial charge in [-0.25, -0.2) is 9.97 Å². The predicted molar refractivity (Wildman–Crippen MR) is 235 cm³/mol. The van der Waals surface area contributed by atoms with E-state index in [4.69, 9.17) is 17.2 Å². The molecule has 5 aromatic rings. The van der Waals surface area contributed by atoms with E-state index in [9.17, 15) is 19.2 Å². The van der Waals surface area contributed by atoms with Crippen LogP contribution in [0.3, 0.4) is 0 Å². The molecule has 21 heteroatoms. The number of nitrogens with one attached hydrogen (secondary N) is 5. The average molecular weight is 848 g/mol. The summed E-state index contributed by atoms with van der Waals surface area (Å²) in [7, 11) is 0. The number of amides is 4. The van der Waals surface area contributed by atoms with E-state index in [1.165, 1.54) is 12.3 Å². The molecule has 0 spiro atoms. The summed E-state index contributed by atoms with van der Waals surface area (Å²) in [6.07, 6.45) is 4.38. The van der Waals surface area contributed by atoms with Crippen LogP contribution in [0.25, 0.3) is 11.2 Å². The third-order valence-corrected chi connectivity index (χ3v) is 11.7. The van der Waals surface area contributed by atoms with Crippen molar-refractivity contribution in [2.75, 3.05) is 72.4 Å². The van der Waals surface area contributed by atoms with Gasteiger partial charge in [0.2, 0.25) is 17.8 Å². The molecule has 2 saturated heterocycles. The van der Waals surface area contributed by atoms with Gasteiger partial charge in [0.15, 0.2) is 11.9 Å². The number of nitrogen functional groups attached to an aromatic ring is 1. The third-order valence-electron chi connectivity index (χ3n) is 11.7. The number of aryl methyl sites for hydroxylation is 4. The highest BCUT2D eigenvalue weighted by atomic mass is 16.2. The van der Waals surface area contributed by atoms with E-state index in [2.05, 4.69) is 51.6 Å². The summed E-state index contributed by atoms with van der Waals surface area (Å²) in [6, 6.07) is 6.65. The van der Waals surface area contributed by atoms with E-state index in [1.54, 1.807) is 39.1 Å². The summed E-state index contributed by atoms with van der Waals surface area (Å²) < 4.78 is 4.89. The number of pyridine rings is 1. The third kappa shape index (κ3) is 8.10. The molecule has 2 fully saturated rings. The van der Waals surface area contributed by atoms with Crippen LogP contribution in [0.15, 0.2) is 42.6 Å². The van der Waals surface area contributed by atoms with Gasteiger partial charge in [0, 0.05) is 64.1 Å². The lowest BCUT2D eigenvalue weighted by molar-refractivity contribution is 0.0929. The molecule has 21 nitrogen and oxygen atoms in total. The molecule has 0 bridgehead atoms. The van der Waals surface area contributed by atoms with Gasteiger partial charge in [0.1, 0.15) is 16.9 Å². The van der Waals surface area contributed by atoms with Crippen molar-refractivity contribution < 1.29 is 19.2 Å². The molecule has 0 radical (unpaired) electrons. The maximum Gasteiger partial charge on any atom is 0.276 e. The predicted octanol–water partition coefficient (Wildman–Crippen LogP) is 1.28. The van der Waals surface area contributed by atoms with Crippen LogP contribution in [-0.4, -0.2) is 115 Å². The van der Waals surface area contributed by atoms with E-state index in [0.717, 1.165) is 38.4 Å². The number of aromatic nitrogens is 7.